The number of hydrogen-bond acceptors (Lipinski definition) is 8. The van der Waals surface area contributed by atoms with Crippen LogP contribution >= 0.6 is 0 Å². The fourth-order valence-electron chi connectivity index (χ4n) is 2.49. The van der Waals surface area contributed by atoms with Crippen molar-refractivity contribution in [3.05, 3.63) is 16.0 Å². The summed E-state index contributed by atoms with van der Waals surface area (Å²) in [6.45, 7) is 1.15. The number of aliphatic hydroxyl groups is 3. The molecule has 1 fully saturated rings. The summed E-state index contributed by atoms with van der Waals surface area (Å²) in [7, 11) is 0. The SMILES string of the molecule is Cc1nn([C@@H]2O[C@H](CO)[C@@H](O)[C@H]2O)c2nc(N)[nH]c(=O)c12. The third-order valence-electron chi connectivity index (χ3n) is 3.51. The number of H-pyrrole nitrogens is 1. The fraction of sp³-hybridized carbons (Fsp3) is 0.545. The molecule has 3 rings (SSSR count). The van der Waals surface area contributed by atoms with Gasteiger partial charge in [0.1, 0.15) is 23.7 Å². The maximum Gasteiger partial charge on any atom is 0.263 e. The van der Waals surface area contributed by atoms with Crippen LogP contribution in [0.3, 0.4) is 0 Å². The highest BCUT2D eigenvalue weighted by molar-refractivity contribution is 5.77. The first kappa shape index (κ1) is 13.9. The normalized spacial score (nSPS) is 29.3. The van der Waals surface area contributed by atoms with Gasteiger partial charge in [-0.25, -0.2) is 4.68 Å². The highest BCUT2D eigenvalue weighted by atomic mass is 16.6. The zero-order valence-electron chi connectivity index (χ0n) is 11.1. The number of nitrogen functional groups attached to an aromatic ring is 1. The summed E-state index contributed by atoms with van der Waals surface area (Å²) >= 11 is 0. The molecule has 0 aliphatic carbocycles. The molecular weight excluding hydrogens is 282 g/mol. The summed E-state index contributed by atoms with van der Waals surface area (Å²) in [4.78, 5) is 18.3. The Hall–Kier alpha value is -2.01. The van der Waals surface area contributed by atoms with Crippen molar-refractivity contribution in [1.29, 1.82) is 0 Å². The summed E-state index contributed by atoms with van der Waals surface area (Å²) in [5.74, 6) is -0.0969. The molecule has 21 heavy (non-hydrogen) atoms. The van der Waals surface area contributed by atoms with Crippen molar-refractivity contribution in [1.82, 2.24) is 19.7 Å². The second kappa shape index (κ2) is 4.77. The molecule has 2 aromatic heterocycles. The van der Waals surface area contributed by atoms with Crippen molar-refractivity contribution < 1.29 is 20.1 Å². The molecule has 6 N–H and O–H groups in total. The molecule has 0 bridgehead atoms. The van der Waals surface area contributed by atoms with Gasteiger partial charge in [-0.05, 0) is 6.92 Å². The van der Waals surface area contributed by atoms with Gasteiger partial charge < -0.3 is 25.8 Å². The van der Waals surface area contributed by atoms with Crippen LogP contribution in [0.4, 0.5) is 5.95 Å². The fourth-order valence-corrected chi connectivity index (χ4v) is 2.49. The second-order valence-corrected chi connectivity index (χ2v) is 4.91. The molecule has 0 spiro atoms. The quantitative estimate of drug-likeness (QED) is 0.411. The molecular formula is C11H15N5O5. The van der Waals surface area contributed by atoms with Crippen molar-refractivity contribution in [3.8, 4) is 0 Å². The number of nitrogens with two attached hydrogens (primary N) is 1. The van der Waals surface area contributed by atoms with Gasteiger partial charge in [0.2, 0.25) is 5.95 Å². The predicted molar refractivity (Wildman–Crippen MR) is 70.3 cm³/mol. The lowest BCUT2D eigenvalue weighted by molar-refractivity contribution is -0.0567. The minimum Gasteiger partial charge on any atom is -0.394 e. The van der Waals surface area contributed by atoms with E-state index in [1.54, 1.807) is 6.92 Å². The molecule has 1 saturated heterocycles. The zero-order valence-corrected chi connectivity index (χ0v) is 11.1. The number of aryl methyl sites for hydroxylation is 1. The second-order valence-electron chi connectivity index (χ2n) is 4.91. The zero-order chi connectivity index (χ0) is 15.3. The summed E-state index contributed by atoms with van der Waals surface area (Å²) in [6, 6.07) is 0. The van der Waals surface area contributed by atoms with E-state index in [-0.39, 0.29) is 17.0 Å². The minimum atomic E-state index is -1.31. The first-order valence-corrected chi connectivity index (χ1v) is 6.31. The van der Waals surface area contributed by atoms with Crippen LogP contribution in [0.25, 0.3) is 11.0 Å². The van der Waals surface area contributed by atoms with E-state index in [0.717, 1.165) is 0 Å². The molecule has 3 heterocycles. The predicted octanol–water partition coefficient (Wildman–Crippen LogP) is -2.38. The van der Waals surface area contributed by atoms with Crippen molar-refractivity contribution in [2.24, 2.45) is 0 Å². The van der Waals surface area contributed by atoms with Gasteiger partial charge in [-0.1, -0.05) is 0 Å². The maximum atomic E-state index is 11.9. The molecule has 0 radical (unpaired) electrons. The van der Waals surface area contributed by atoms with Crippen molar-refractivity contribution in [3.63, 3.8) is 0 Å². The Labute approximate surface area is 117 Å². The molecule has 0 saturated carbocycles. The first-order valence-electron chi connectivity index (χ1n) is 6.31. The number of nitrogens with one attached hydrogen (secondary N) is 1. The van der Waals surface area contributed by atoms with Gasteiger partial charge in [-0.2, -0.15) is 10.1 Å². The van der Waals surface area contributed by atoms with Gasteiger partial charge >= 0.3 is 0 Å². The molecule has 114 valence electrons. The Balaban J connectivity index is 2.16. The van der Waals surface area contributed by atoms with E-state index in [9.17, 15) is 15.0 Å². The number of aromatic nitrogens is 4. The molecule has 10 heteroatoms. The Bertz CT molecular complexity index is 740. The van der Waals surface area contributed by atoms with E-state index in [1.807, 2.05) is 0 Å². The van der Waals surface area contributed by atoms with Crippen molar-refractivity contribution in [2.75, 3.05) is 12.3 Å². The van der Waals surface area contributed by atoms with Crippen LogP contribution in [0.5, 0.6) is 0 Å². The number of fused-ring (bicyclic) bond motifs is 1. The van der Waals surface area contributed by atoms with Gasteiger partial charge in [0.25, 0.3) is 5.56 Å². The number of hydrogen-bond donors (Lipinski definition) is 5. The van der Waals surface area contributed by atoms with Gasteiger partial charge in [0.15, 0.2) is 11.9 Å². The van der Waals surface area contributed by atoms with Crippen molar-refractivity contribution >= 4 is 17.0 Å². The topological polar surface area (TPSA) is 160 Å². The summed E-state index contributed by atoms with van der Waals surface area (Å²) < 4.78 is 6.57. The Morgan fingerprint density at radius 3 is 2.76 bits per heavy atom. The molecule has 2 aromatic rings. The van der Waals surface area contributed by atoms with Crippen LogP contribution in [0, 0.1) is 6.92 Å². The minimum absolute atomic E-state index is 0.0969. The third-order valence-corrected chi connectivity index (χ3v) is 3.51. The first-order chi connectivity index (χ1) is 9.93. The van der Waals surface area contributed by atoms with Gasteiger partial charge in [-0.3, -0.25) is 9.78 Å². The highest BCUT2D eigenvalue weighted by Crippen LogP contribution is 2.31. The van der Waals surface area contributed by atoms with Crippen LogP contribution in [0.15, 0.2) is 4.79 Å². The standard InChI is InChI=1S/C11H15N5O5/c1-3-5-8(13-11(12)14-9(5)20)16(15-3)10-7(19)6(18)4(2-17)21-10/h4,6-7,10,17-19H,2H2,1H3,(H3,12,13,14,20)/t4-,6-,7-,10-/m1/s1. The lowest BCUT2D eigenvalue weighted by atomic mass is 10.1. The van der Waals surface area contributed by atoms with Crippen LogP contribution < -0.4 is 11.3 Å². The number of aliphatic hydroxyl groups excluding tert-OH is 3. The highest BCUT2D eigenvalue weighted by Gasteiger charge is 2.44. The molecule has 10 nitrogen and oxygen atoms in total. The van der Waals surface area contributed by atoms with Crippen LogP contribution in [0.1, 0.15) is 11.9 Å². The van der Waals surface area contributed by atoms with Gasteiger partial charge in [0.05, 0.1) is 12.3 Å². The van der Waals surface area contributed by atoms with E-state index in [1.165, 1.54) is 4.68 Å². The number of aromatic amines is 1. The number of anilines is 1. The maximum absolute atomic E-state index is 11.9. The monoisotopic (exact) mass is 297 g/mol. The smallest absolute Gasteiger partial charge is 0.263 e. The van der Waals surface area contributed by atoms with E-state index in [2.05, 4.69) is 15.1 Å². The average Bonchev–Trinajstić information content (AvgIpc) is 2.89. The molecule has 1 aliphatic rings. The molecule has 4 atom stereocenters. The van der Waals surface area contributed by atoms with E-state index >= 15 is 0 Å². The van der Waals surface area contributed by atoms with E-state index in [0.29, 0.717) is 5.69 Å². The lowest BCUT2D eigenvalue weighted by Gasteiger charge is -2.15. The number of ether oxygens (including phenoxy) is 1. The number of nitrogens with zero attached hydrogens (tertiary/aromatic N) is 3. The molecule has 0 amide bonds. The molecule has 0 aromatic carbocycles. The van der Waals surface area contributed by atoms with E-state index in [4.69, 9.17) is 15.6 Å². The van der Waals surface area contributed by atoms with Crippen LogP contribution in [-0.4, -0.2) is 60.0 Å². The van der Waals surface area contributed by atoms with Gasteiger partial charge in [-0.15, -0.1) is 0 Å². The Kier molecular flexibility index (Phi) is 3.17. The Morgan fingerprint density at radius 2 is 2.14 bits per heavy atom. The lowest BCUT2D eigenvalue weighted by Crippen LogP contribution is -2.33. The van der Waals surface area contributed by atoms with Crippen LogP contribution in [0.2, 0.25) is 0 Å². The molecule has 0 unspecified atom stereocenters. The molecule has 1 aliphatic heterocycles. The average molecular weight is 297 g/mol. The van der Waals surface area contributed by atoms with Crippen LogP contribution in [-0.2, 0) is 4.74 Å². The summed E-state index contributed by atoms with van der Waals surface area (Å²) in [5.41, 5.74) is 5.59. The number of rotatable bonds is 2. The van der Waals surface area contributed by atoms with E-state index < -0.39 is 36.7 Å². The van der Waals surface area contributed by atoms with Crippen molar-refractivity contribution in [2.45, 2.75) is 31.5 Å². The Morgan fingerprint density at radius 1 is 1.43 bits per heavy atom. The summed E-state index contributed by atoms with van der Waals surface area (Å²) in [5, 5.41) is 33.3. The third kappa shape index (κ3) is 2.00. The largest absolute Gasteiger partial charge is 0.394 e. The van der Waals surface area contributed by atoms with Gasteiger partial charge in [0, 0.05) is 0 Å². The summed E-state index contributed by atoms with van der Waals surface area (Å²) in [6.07, 6.45) is -4.59.